The van der Waals surface area contributed by atoms with Crippen LogP contribution in [0.4, 0.5) is 11.5 Å². The zero-order chi connectivity index (χ0) is 22.0. The topological polar surface area (TPSA) is 102 Å². The van der Waals surface area contributed by atoms with E-state index in [2.05, 4.69) is 27.1 Å². The minimum Gasteiger partial charge on any atom is -0.388 e. The van der Waals surface area contributed by atoms with Gasteiger partial charge in [0, 0.05) is 37.8 Å². The third-order valence-corrected chi connectivity index (χ3v) is 5.76. The molecule has 4 rings (SSSR count). The molecule has 0 spiro atoms. The third-order valence-electron chi connectivity index (χ3n) is 5.76. The summed E-state index contributed by atoms with van der Waals surface area (Å²) in [4.78, 5) is 22.8. The summed E-state index contributed by atoms with van der Waals surface area (Å²) in [5, 5.41) is 8.59. The number of nitrogens with zero attached hydrogens (tertiary/aromatic N) is 5. The van der Waals surface area contributed by atoms with Gasteiger partial charge in [0.25, 0.3) is 0 Å². The number of nitrogens with one attached hydrogen (secondary N) is 1. The first-order chi connectivity index (χ1) is 15.0. The highest BCUT2D eigenvalue weighted by Gasteiger charge is 2.27. The maximum atomic E-state index is 12.2. The summed E-state index contributed by atoms with van der Waals surface area (Å²) in [5.41, 5.74) is 10.4. The summed E-state index contributed by atoms with van der Waals surface area (Å²) < 4.78 is 1.88. The molecule has 1 aliphatic rings. The van der Waals surface area contributed by atoms with E-state index in [1.165, 1.54) is 6.33 Å². The molecule has 1 aliphatic heterocycles. The second-order valence-corrected chi connectivity index (χ2v) is 7.77. The van der Waals surface area contributed by atoms with E-state index in [9.17, 15) is 4.79 Å². The van der Waals surface area contributed by atoms with Gasteiger partial charge in [0.2, 0.25) is 5.91 Å². The molecule has 2 aromatic heterocycles. The largest absolute Gasteiger partial charge is 0.388 e. The highest BCUT2D eigenvalue weighted by molar-refractivity contribution is 5.90. The average molecular weight is 418 g/mol. The fourth-order valence-electron chi connectivity index (χ4n) is 3.98. The first-order valence-corrected chi connectivity index (χ1v) is 10.6. The van der Waals surface area contributed by atoms with Crippen molar-refractivity contribution in [3.8, 4) is 11.8 Å². The van der Waals surface area contributed by atoms with Gasteiger partial charge in [-0.3, -0.25) is 4.79 Å². The summed E-state index contributed by atoms with van der Waals surface area (Å²) in [6.45, 7) is 5.32. The predicted molar refractivity (Wildman–Crippen MR) is 122 cm³/mol. The fourth-order valence-corrected chi connectivity index (χ4v) is 3.98. The van der Waals surface area contributed by atoms with Gasteiger partial charge in [-0.1, -0.05) is 18.9 Å². The molecule has 1 fully saturated rings. The van der Waals surface area contributed by atoms with E-state index in [1.807, 2.05) is 48.7 Å². The molecule has 0 saturated carbocycles. The van der Waals surface area contributed by atoms with Gasteiger partial charge >= 0.3 is 0 Å². The van der Waals surface area contributed by atoms with Crippen molar-refractivity contribution in [1.29, 1.82) is 0 Å². The molecule has 1 amide bonds. The highest BCUT2D eigenvalue weighted by atomic mass is 16.2. The molecule has 3 aromatic rings. The number of carbonyl (C=O) groups excluding carboxylic acids is 1. The first-order valence-electron chi connectivity index (χ1n) is 10.6. The van der Waals surface area contributed by atoms with Gasteiger partial charge in [-0.2, -0.15) is 5.10 Å². The molecule has 3 heterocycles. The number of nitrogen functional groups attached to an aromatic ring is 1. The van der Waals surface area contributed by atoms with Crippen molar-refractivity contribution in [3.63, 3.8) is 0 Å². The molecule has 8 nitrogen and oxygen atoms in total. The number of fused-ring (bicyclic) bond motifs is 1. The molecule has 160 valence electrons. The van der Waals surface area contributed by atoms with Crippen LogP contribution in [0.3, 0.4) is 0 Å². The molecule has 8 heteroatoms. The van der Waals surface area contributed by atoms with Crippen LogP contribution in [0.2, 0.25) is 0 Å². The van der Waals surface area contributed by atoms with Crippen LogP contribution in [-0.2, 0) is 4.79 Å². The zero-order valence-electron chi connectivity index (χ0n) is 18.1. The van der Waals surface area contributed by atoms with E-state index >= 15 is 0 Å². The lowest BCUT2D eigenvalue weighted by Crippen LogP contribution is -2.40. The number of rotatable bonds is 3. The van der Waals surface area contributed by atoms with Gasteiger partial charge in [0.05, 0.1) is 11.4 Å². The van der Waals surface area contributed by atoms with Gasteiger partial charge in [-0.15, -0.1) is 0 Å². The minimum atomic E-state index is 0.0333. The van der Waals surface area contributed by atoms with E-state index in [1.54, 1.807) is 0 Å². The Labute approximate surface area is 181 Å². The van der Waals surface area contributed by atoms with Gasteiger partial charge in [0.15, 0.2) is 5.65 Å². The minimum absolute atomic E-state index is 0.0333. The number of aromatic nitrogens is 4. The zero-order valence-corrected chi connectivity index (χ0v) is 18.1. The number of carbonyl (C=O) groups is 1. The second-order valence-electron chi connectivity index (χ2n) is 7.77. The Morgan fingerprint density at radius 3 is 2.94 bits per heavy atom. The van der Waals surface area contributed by atoms with Gasteiger partial charge in [0.1, 0.15) is 17.8 Å². The molecular formula is C23H27N7O. The van der Waals surface area contributed by atoms with E-state index < -0.39 is 0 Å². The SMILES string of the molecule is CCC(=O)N1CCCC(n2nc(C#Cc3cc(NC)ccc3C)c3c(N)ncnc32)C1. The van der Waals surface area contributed by atoms with Crippen LogP contribution in [-0.4, -0.2) is 50.7 Å². The molecule has 3 N–H and O–H groups in total. The Morgan fingerprint density at radius 1 is 1.32 bits per heavy atom. The predicted octanol–water partition coefficient (Wildman–Crippen LogP) is 2.73. The Balaban J connectivity index is 1.76. The van der Waals surface area contributed by atoms with Crippen LogP contribution < -0.4 is 11.1 Å². The lowest BCUT2D eigenvalue weighted by Gasteiger charge is -2.32. The van der Waals surface area contributed by atoms with Crippen molar-refractivity contribution < 1.29 is 4.79 Å². The summed E-state index contributed by atoms with van der Waals surface area (Å²) in [6.07, 6.45) is 3.80. The third kappa shape index (κ3) is 4.04. The van der Waals surface area contributed by atoms with Crippen LogP contribution in [0, 0.1) is 18.8 Å². The van der Waals surface area contributed by atoms with E-state index in [-0.39, 0.29) is 11.9 Å². The van der Waals surface area contributed by atoms with Crippen molar-refractivity contribution >= 4 is 28.4 Å². The number of benzene rings is 1. The molecule has 0 aliphatic carbocycles. The van der Waals surface area contributed by atoms with E-state index in [0.29, 0.717) is 35.5 Å². The summed E-state index contributed by atoms with van der Waals surface area (Å²) in [7, 11) is 1.88. The Bertz CT molecular complexity index is 1190. The highest BCUT2D eigenvalue weighted by Crippen LogP contribution is 2.28. The summed E-state index contributed by atoms with van der Waals surface area (Å²) in [6, 6.07) is 6.09. The quantitative estimate of drug-likeness (QED) is 0.636. The molecule has 31 heavy (non-hydrogen) atoms. The Morgan fingerprint density at radius 2 is 2.16 bits per heavy atom. The van der Waals surface area contributed by atoms with Crippen LogP contribution in [0.5, 0.6) is 0 Å². The standard InChI is InChI=1S/C23H27N7O/c1-4-20(31)29-11-5-6-18(13-29)30-23-21(22(24)26-14-27-23)19(28-30)10-8-16-12-17(25-3)9-7-15(16)2/h7,9,12,14,18,25H,4-6,11,13H2,1-3H3,(H2,24,26,27). The summed E-state index contributed by atoms with van der Waals surface area (Å²) in [5.74, 6) is 6.95. The molecule has 0 radical (unpaired) electrons. The van der Waals surface area contributed by atoms with Gasteiger partial charge in [-0.05, 0) is 43.4 Å². The van der Waals surface area contributed by atoms with Crippen LogP contribution in [0.15, 0.2) is 24.5 Å². The number of piperidine rings is 1. The van der Waals surface area contributed by atoms with Crippen LogP contribution >= 0.6 is 0 Å². The average Bonchev–Trinajstić information content (AvgIpc) is 3.18. The molecule has 1 aromatic carbocycles. The van der Waals surface area contributed by atoms with Crippen molar-refractivity contribution in [2.24, 2.45) is 0 Å². The molecule has 1 atom stereocenters. The second kappa shape index (κ2) is 8.64. The molecule has 1 saturated heterocycles. The monoisotopic (exact) mass is 417 g/mol. The number of likely N-dealkylation sites (tertiary alicyclic amines) is 1. The van der Waals surface area contributed by atoms with Crippen molar-refractivity contribution in [1.82, 2.24) is 24.6 Å². The van der Waals surface area contributed by atoms with Gasteiger partial charge < -0.3 is 16.0 Å². The molecular weight excluding hydrogens is 390 g/mol. The van der Waals surface area contributed by atoms with Crippen LogP contribution in [0.25, 0.3) is 11.0 Å². The van der Waals surface area contributed by atoms with Gasteiger partial charge in [-0.25, -0.2) is 14.6 Å². The fraction of sp³-hybridized carbons (Fsp3) is 0.391. The van der Waals surface area contributed by atoms with E-state index in [0.717, 1.165) is 36.2 Å². The smallest absolute Gasteiger partial charge is 0.222 e. The number of aryl methyl sites for hydroxylation is 1. The van der Waals surface area contributed by atoms with Crippen molar-refractivity contribution in [3.05, 3.63) is 41.3 Å². The van der Waals surface area contributed by atoms with Crippen molar-refractivity contribution in [2.45, 2.75) is 39.2 Å². The number of nitrogens with two attached hydrogens (primary N) is 1. The van der Waals surface area contributed by atoms with Crippen LogP contribution in [0.1, 0.15) is 49.0 Å². The number of hydrogen-bond donors (Lipinski definition) is 2. The lowest BCUT2D eigenvalue weighted by molar-refractivity contribution is -0.132. The molecule has 0 bridgehead atoms. The number of amides is 1. The maximum Gasteiger partial charge on any atom is 0.222 e. The lowest BCUT2D eigenvalue weighted by atomic mass is 10.1. The number of hydrogen-bond acceptors (Lipinski definition) is 6. The Hall–Kier alpha value is -3.60. The molecule has 1 unspecified atom stereocenters. The summed E-state index contributed by atoms with van der Waals surface area (Å²) >= 11 is 0. The Kier molecular flexibility index (Phi) is 5.76. The van der Waals surface area contributed by atoms with Crippen molar-refractivity contribution in [2.75, 3.05) is 31.2 Å². The van der Waals surface area contributed by atoms with E-state index in [4.69, 9.17) is 10.8 Å². The first kappa shape index (κ1) is 20.7. The number of anilines is 2. The maximum absolute atomic E-state index is 12.2. The normalized spacial score (nSPS) is 16.1.